The van der Waals surface area contributed by atoms with Crippen LogP contribution in [0.3, 0.4) is 0 Å². The van der Waals surface area contributed by atoms with Crippen LogP contribution in [-0.2, 0) is 0 Å². The molecule has 0 radical (unpaired) electrons. The number of aliphatic hydroxyl groups is 1. The zero-order valence-electron chi connectivity index (χ0n) is 11.0. The normalized spacial score (nSPS) is 19.3. The van der Waals surface area contributed by atoms with E-state index in [0.717, 1.165) is 42.0 Å². The third-order valence-corrected chi connectivity index (χ3v) is 4.08. The molecule has 1 aromatic carbocycles. The first kappa shape index (κ1) is 13.7. The van der Waals surface area contributed by atoms with Crippen LogP contribution < -0.4 is 5.32 Å². The van der Waals surface area contributed by atoms with Crippen molar-refractivity contribution in [3.63, 3.8) is 0 Å². The van der Waals surface area contributed by atoms with Crippen LogP contribution in [0, 0.1) is 6.92 Å². The summed E-state index contributed by atoms with van der Waals surface area (Å²) in [5.41, 5.74) is 1.50. The molecule has 18 heavy (non-hydrogen) atoms. The largest absolute Gasteiger partial charge is 0.388 e. The lowest BCUT2D eigenvalue weighted by Gasteiger charge is -2.27. The van der Waals surface area contributed by atoms with Crippen LogP contribution in [0.4, 0.5) is 5.69 Å². The number of hydrogen-bond acceptors (Lipinski definition) is 2. The highest BCUT2D eigenvalue weighted by Gasteiger charge is 2.27. The van der Waals surface area contributed by atoms with E-state index in [4.69, 9.17) is 11.6 Å². The summed E-state index contributed by atoms with van der Waals surface area (Å²) < 4.78 is 0. The lowest BCUT2D eigenvalue weighted by atomic mass is 9.94. The molecule has 0 amide bonds. The third-order valence-electron chi connectivity index (χ3n) is 3.77. The van der Waals surface area contributed by atoms with Gasteiger partial charge in [0.25, 0.3) is 0 Å². The number of benzene rings is 1. The maximum absolute atomic E-state index is 10.6. The molecule has 0 aliphatic heterocycles. The summed E-state index contributed by atoms with van der Waals surface area (Å²) in [6.07, 6.45) is 6.52. The fourth-order valence-corrected chi connectivity index (χ4v) is 2.89. The zero-order valence-corrected chi connectivity index (χ0v) is 11.8. The Balaban J connectivity index is 1.97. The second-order valence-electron chi connectivity index (χ2n) is 5.48. The molecule has 100 valence electrons. The molecule has 0 unspecified atom stereocenters. The first-order valence-electron chi connectivity index (χ1n) is 6.81. The molecule has 3 heteroatoms. The van der Waals surface area contributed by atoms with Gasteiger partial charge in [-0.15, -0.1) is 0 Å². The van der Waals surface area contributed by atoms with Gasteiger partial charge in [-0.3, -0.25) is 0 Å². The van der Waals surface area contributed by atoms with Gasteiger partial charge in [0.1, 0.15) is 0 Å². The molecule has 0 bridgehead atoms. The first-order valence-corrected chi connectivity index (χ1v) is 7.19. The number of aryl methyl sites for hydroxylation is 1. The van der Waals surface area contributed by atoms with Crippen molar-refractivity contribution in [3.8, 4) is 0 Å². The summed E-state index contributed by atoms with van der Waals surface area (Å²) >= 11 is 6.18. The molecular formula is C15H22ClNO. The molecule has 0 spiro atoms. The van der Waals surface area contributed by atoms with E-state index in [0.29, 0.717) is 6.54 Å². The minimum Gasteiger partial charge on any atom is -0.388 e. The molecule has 2 N–H and O–H groups in total. The minimum atomic E-state index is -0.565. The molecule has 0 saturated heterocycles. The molecule has 1 saturated carbocycles. The number of rotatable bonds is 3. The van der Waals surface area contributed by atoms with E-state index in [1.807, 2.05) is 25.1 Å². The average Bonchev–Trinajstić information content (AvgIpc) is 2.54. The van der Waals surface area contributed by atoms with Gasteiger partial charge >= 0.3 is 0 Å². The van der Waals surface area contributed by atoms with Gasteiger partial charge in [0.15, 0.2) is 0 Å². The molecule has 1 aliphatic rings. The predicted octanol–water partition coefficient (Wildman–Crippen LogP) is 4.15. The third kappa shape index (κ3) is 3.63. The second kappa shape index (κ2) is 5.94. The van der Waals surface area contributed by atoms with Crippen molar-refractivity contribution in [2.24, 2.45) is 0 Å². The topological polar surface area (TPSA) is 32.3 Å². The van der Waals surface area contributed by atoms with Gasteiger partial charge in [0.05, 0.1) is 16.3 Å². The van der Waals surface area contributed by atoms with Crippen molar-refractivity contribution in [3.05, 3.63) is 28.8 Å². The molecule has 0 atom stereocenters. The van der Waals surface area contributed by atoms with Crippen molar-refractivity contribution < 1.29 is 5.11 Å². The highest BCUT2D eigenvalue weighted by Crippen LogP contribution is 2.29. The summed E-state index contributed by atoms with van der Waals surface area (Å²) in [5.74, 6) is 0. The molecule has 2 rings (SSSR count). The predicted molar refractivity (Wildman–Crippen MR) is 77.3 cm³/mol. The van der Waals surface area contributed by atoms with Crippen molar-refractivity contribution in [2.45, 2.75) is 51.0 Å². The Labute approximate surface area is 114 Å². The van der Waals surface area contributed by atoms with Gasteiger partial charge in [-0.05, 0) is 37.5 Å². The SMILES string of the molecule is Cc1ccc(NCC2(O)CCCCCC2)c(Cl)c1. The van der Waals surface area contributed by atoms with E-state index in [2.05, 4.69) is 5.32 Å². The molecule has 0 aromatic heterocycles. The van der Waals surface area contributed by atoms with Gasteiger partial charge in [-0.1, -0.05) is 43.4 Å². The Bertz CT molecular complexity index is 397. The number of halogens is 1. The quantitative estimate of drug-likeness (QED) is 0.807. The number of anilines is 1. The van der Waals surface area contributed by atoms with Crippen LogP contribution in [0.25, 0.3) is 0 Å². The van der Waals surface area contributed by atoms with Crippen molar-refractivity contribution >= 4 is 17.3 Å². The summed E-state index contributed by atoms with van der Waals surface area (Å²) in [7, 11) is 0. The van der Waals surface area contributed by atoms with E-state index < -0.39 is 5.60 Å². The Morgan fingerprint density at radius 1 is 1.22 bits per heavy atom. The monoisotopic (exact) mass is 267 g/mol. The molecule has 1 aromatic rings. The minimum absolute atomic E-state index is 0.565. The Kier molecular flexibility index (Phi) is 4.52. The maximum Gasteiger partial charge on any atom is 0.0819 e. The smallest absolute Gasteiger partial charge is 0.0819 e. The van der Waals surface area contributed by atoms with Gasteiger partial charge in [0, 0.05) is 6.54 Å². The summed E-state index contributed by atoms with van der Waals surface area (Å²) in [6.45, 7) is 2.62. The van der Waals surface area contributed by atoms with Gasteiger partial charge < -0.3 is 10.4 Å². The highest BCUT2D eigenvalue weighted by molar-refractivity contribution is 6.33. The van der Waals surface area contributed by atoms with E-state index in [1.54, 1.807) is 0 Å². The highest BCUT2D eigenvalue weighted by atomic mass is 35.5. The molecule has 0 heterocycles. The van der Waals surface area contributed by atoms with Crippen molar-refractivity contribution in [2.75, 3.05) is 11.9 Å². The molecule has 1 fully saturated rings. The fraction of sp³-hybridized carbons (Fsp3) is 0.600. The summed E-state index contributed by atoms with van der Waals surface area (Å²) in [6, 6.07) is 5.96. The second-order valence-corrected chi connectivity index (χ2v) is 5.88. The number of nitrogens with one attached hydrogen (secondary N) is 1. The molecule has 2 nitrogen and oxygen atoms in total. The molecule has 1 aliphatic carbocycles. The Hall–Kier alpha value is -0.730. The Morgan fingerprint density at radius 2 is 1.89 bits per heavy atom. The number of hydrogen-bond donors (Lipinski definition) is 2. The van der Waals surface area contributed by atoms with Crippen LogP contribution in [0.15, 0.2) is 18.2 Å². The van der Waals surface area contributed by atoms with E-state index in [1.165, 1.54) is 12.8 Å². The zero-order chi connectivity index (χ0) is 13.0. The van der Waals surface area contributed by atoms with E-state index in [9.17, 15) is 5.11 Å². The van der Waals surface area contributed by atoms with Crippen LogP contribution in [0.5, 0.6) is 0 Å². The van der Waals surface area contributed by atoms with Gasteiger partial charge in [-0.2, -0.15) is 0 Å². The maximum atomic E-state index is 10.6. The lowest BCUT2D eigenvalue weighted by molar-refractivity contribution is 0.0381. The van der Waals surface area contributed by atoms with Crippen LogP contribution >= 0.6 is 11.6 Å². The van der Waals surface area contributed by atoms with Crippen molar-refractivity contribution in [1.29, 1.82) is 0 Å². The fourth-order valence-electron chi connectivity index (χ4n) is 2.59. The van der Waals surface area contributed by atoms with E-state index >= 15 is 0 Å². The van der Waals surface area contributed by atoms with Crippen LogP contribution in [0.1, 0.15) is 44.1 Å². The standard InChI is InChI=1S/C15H22ClNO/c1-12-6-7-14(13(16)10-12)17-11-15(18)8-4-2-3-5-9-15/h6-7,10,17-18H,2-5,8-9,11H2,1H3. The lowest BCUT2D eigenvalue weighted by Crippen LogP contribution is -2.36. The first-order chi connectivity index (χ1) is 8.59. The van der Waals surface area contributed by atoms with Gasteiger partial charge in [-0.25, -0.2) is 0 Å². The Morgan fingerprint density at radius 3 is 2.50 bits per heavy atom. The van der Waals surface area contributed by atoms with E-state index in [-0.39, 0.29) is 0 Å². The van der Waals surface area contributed by atoms with Crippen LogP contribution in [-0.4, -0.2) is 17.3 Å². The molecular weight excluding hydrogens is 246 g/mol. The van der Waals surface area contributed by atoms with Crippen LogP contribution in [0.2, 0.25) is 5.02 Å². The van der Waals surface area contributed by atoms with Gasteiger partial charge in [0.2, 0.25) is 0 Å². The van der Waals surface area contributed by atoms with Crippen molar-refractivity contribution in [1.82, 2.24) is 0 Å². The average molecular weight is 268 g/mol. The summed E-state index contributed by atoms with van der Waals surface area (Å²) in [4.78, 5) is 0. The summed E-state index contributed by atoms with van der Waals surface area (Å²) in [5, 5.41) is 14.6.